The first-order chi connectivity index (χ1) is 7.63. The topological polar surface area (TPSA) is 59.3 Å². The molecule has 0 aliphatic heterocycles. The summed E-state index contributed by atoms with van der Waals surface area (Å²) < 4.78 is 9.90. The quantitative estimate of drug-likeness (QED) is 0.645. The zero-order valence-electron chi connectivity index (χ0n) is 8.98. The van der Waals surface area contributed by atoms with Gasteiger partial charge < -0.3 is 9.47 Å². The molecule has 0 aromatic heterocycles. The molecule has 0 aliphatic carbocycles. The van der Waals surface area contributed by atoms with E-state index in [0.29, 0.717) is 4.90 Å². The zero-order chi connectivity index (χ0) is 12.1. The summed E-state index contributed by atoms with van der Waals surface area (Å²) in [5.74, 6) is -0.300. The summed E-state index contributed by atoms with van der Waals surface area (Å²) in [5.41, 5.74) is 0.478. The van der Waals surface area contributed by atoms with E-state index in [1.807, 2.05) is 6.07 Å². The van der Waals surface area contributed by atoms with Crippen LogP contribution in [-0.2, 0) is 4.74 Å². The third-order valence-corrected chi connectivity index (χ3v) is 2.15. The van der Waals surface area contributed by atoms with Crippen molar-refractivity contribution in [2.45, 2.75) is 11.8 Å². The van der Waals surface area contributed by atoms with Crippen LogP contribution in [0.1, 0.15) is 22.8 Å². The van der Waals surface area contributed by atoms with Gasteiger partial charge in [0.2, 0.25) is 0 Å². The van der Waals surface area contributed by atoms with Crippen LogP contribution in [0, 0.1) is 11.3 Å². The molecule has 0 aliphatic rings. The predicted molar refractivity (Wildman–Crippen MR) is 60.9 cm³/mol. The Bertz CT molecular complexity index is 451. The van der Waals surface area contributed by atoms with E-state index in [-0.39, 0.29) is 23.5 Å². The van der Waals surface area contributed by atoms with E-state index in [2.05, 4.69) is 12.6 Å². The molecule has 0 heterocycles. The Morgan fingerprint density at radius 2 is 2.25 bits per heavy atom. The van der Waals surface area contributed by atoms with Gasteiger partial charge in [0.05, 0.1) is 19.3 Å². The number of ether oxygens (including phenoxy) is 2. The maximum atomic E-state index is 11.6. The van der Waals surface area contributed by atoms with Crippen LogP contribution in [0.15, 0.2) is 17.0 Å². The SMILES string of the molecule is CCOC(=O)c1cc(S)cc(C#N)c1OC. The van der Waals surface area contributed by atoms with Gasteiger partial charge in [0.15, 0.2) is 5.75 Å². The van der Waals surface area contributed by atoms with Crippen molar-refractivity contribution in [1.82, 2.24) is 0 Å². The molecular weight excluding hydrogens is 226 g/mol. The molecule has 0 saturated heterocycles. The van der Waals surface area contributed by atoms with Crippen LogP contribution < -0.4 is 4.74 Å². The van der Waals surface area contributed by atoms with Crippen LogP contribution in [0.25, 0.3) is 0 Å². The second kappa shape index (κ2) is 5.42. The summed E-state index contributed by atoms with van der Waals surface area (Å²) in [5, 5.41) is 8.89. The van der Waals surface area contributed by atoms with Crippen molar-refractivity contribution in [3.05, 3.63) is 23.3 Å². The van der Waals surface area contributed by atoms with Gasteiger partial charge in [-0.25, -0.2) is 4.79 Å². The Hall–Kier alpha value is -1.67. The number of benzene rings is 1. The van der Waals surface area contributed by atoms with Crippen LogP contribution in [0.3, 0.4) is 0 Å². The Morgan fingerprint density at radius 1 is 1.56 bits per heavy atom. The number of hydrogen-bond donors (Lipinski definition) is 1. The van der Waals surface area contributed by atoms with Crippen LogP contribution in [0.2, 0.25) is 0 Å². The number of methoxy groups -OCH3 is 1. The summed E-state index contributed by atoms with van der Waals surface area (Å²) in [6, 6.07) is 4.99. The summed E-state index contributed by atoms with van der Waals surface area (Å²) in [4.78, 5) is 12.1. The van der Waals surface area contributed by atoms with Gasteiger partial charge in [0.1, 0.15) is 11.6 Å². The molecule has 1 rings (SSSR count). The largest absolute Gasteiger partial charge is 0.494 e. The minimum Gasteiger partial charge on any atom is -0.494 e. The molecule has 0 bridgehead atoms. The normalized spacial score (nSPS) is 9.38. The molecule has 4 nitrogen and oxygen atoms in total. The number of esters is 1. The van der Waals surface area contributed by atoms with Gasteiger partial charge in [-0.3, -0.25) is 0 Å². The zero-order valence-corrected chi connectivity index (χ0v) is 9.88. The highest BCUT2D eigenvalue weighted by Gasteiger charge is 2.17. The predicted octanol–water partition coefficient (Wildman–Crippen LogP) is 2.03. The molecule has 0 radical (unpaired) electrons. The smallest absolute Gasteiger partial charge is 0.341 e. The fourth-order valence-electron chi connectivity index (χ4n) is 1.28. The third kappa shape index (κ3) is 2.47. The molecule has 1 aromatic rings. The maximum absolute atomic E-state index is 11.6. The molecule has 16 heavy (non-hydrogen) atoms. The van der Waals surface area contributed by atoms with Crippen molar-refractivity contribution >= 4 is 18.6 Å². The Morgan fingerprint density at radius 3 is 2.75 bits per heavy atom. The standard InChI is InChI=1S/C11H11NO3S/c1-3-15-11(13)9-5-8(16)4-7(6-12)10(9)14-2/h4-5,16H,3H2,1-2H3. The van der Waals surface area contributed by atoms with Gasteiger partial charge in [0, 0.05) is 4.90 Å². The Labute approximate surface area is 99.2 Å². The van der Waals surface area contributed by atoms with Gasteiger partial charge in [-0.05, 0) is 19.1 Å². The van der Waals surface area contributed by atoms with Gasteiger partial charge in [-0.15, -0.1) is 12.6 Å². The molecule has 1 aromatic carbocycles. The van der Waals surface area contributed by atoms with Crippen LogP contribution >= 0.6 is 12.6 Å². The number of hydrogen-bond acceptors (Lipinski definition) is 5. The molecule has 0 amide bonds. The summed E-state index contributed by atoms with van der Waals surface area (Å²) in [6.45, 7) is 1.97. The highest BCUT2D eigenvalue weighted by atomic mass is 32.1. The van der Waals surface area contributed by atoms with Crippen LogP contribution in [0.4, 0.5) is 0 Å². The van der Waals surface area contributed by atoms with Crippen molar-refractivity contribution in [3.8, 4) is 11.8 Å². The molecule has 0 unspecified atom stereocenters. The molecule has 84 valence electrons. The third-order valence-electron chi connectivity index (χ3n) is 1.89. The number of thiol groups is 1. The fourth-order valence-corrected chi connectivity index (χ4v) is 1.54. The number of carbonyl (C=O) groups excluding carboxylic acids is 1. The lowest BCUT2D eigenvalue weighted by Crippen LogP contribution is -2.08. The fraction of sp³-hybridized carbons (Fsp3) is 0.273. The highest BCUT2D eigenvalue weighted by molar-refractivity contribution is 7.80. The Kier molecular flexibility index (Phi) is 4.20. The van der Waals surface area contributed by atoms with Gasteiger partial charge in [-0.1, -0.05) is 0 Å². The number of nitrogens with zero attached hydrogens (tertiary/aromatic N) is 1. The van der Waals surface area contributed by atoms with E-state index in [1.165, 1.54) is 19.2 Å². The van der Waals surface area contributed by atoms with Crippen molar-refractivity contribution in [2.24, 2.45) is 0 Å². The monoisotopic (exact) mass is 237 g/mol. The molecule has 0 atom stereocenters. The first-order valence-electron chi connectivity index (χ1n) is 4.62. The average Bonchev–Trinajstić information content (AvgIpc) is 2.28. The summed E-state index contributed by atoms with van der Waals surface area (Å²) in [7, 11) is 1.40. The molecular formula is C11H11NO3S. The van der Waals surface area contributed by atoms with E-state index in [0.717, 1.165) is 0 Å². The number of rotatable bonds is 3. The van der Waals surface area contributed by atoms with E-state index in [4.69, 9.17) is 14.7 Å². The number of carbonyl (C=O) groups is 1. The highest BCUT2D eigenvalue weighted by Crippen LogP contribution is 2.27. The minimum absolute atomic E-state index is 0.216. The first kappa shape index (κ1) is 12.4. The minimum atomic E-state index is -0.522. The Balaban J connectivity index is 3.32. The van der Waals surface area contributed by atoms with Crippen molar-refractivity contribution in [2.75, 3.05) is 13.7 Å². The van der Waals surface area contributed by atoms with E-state index in [1.54, 1.807) is 6.92 Å². The van der Waals surface area contributed by atoms with E-state index >= 15 is 0 Å². The van der Waals surface area contributed by atoms with Gasteiger partial charge in [0.25, 0.3) is 0 Å². The lowest BCUT2D eigenvalue weighted by Gasteiger charge is -2.09. The second-order valence-corrected chi connectivity index (χ2v) is 3.42. The van der Waals surface area contributed by atoms with Crippen molar-refractivity contribution in [3.63, 3.8) is 0 Å². The van der Waals surface area contributed by atoms with Crippen LogP contribution in [0.5, 0.6) is 5.75 Å². The molecule has 0 saturated carbocycles. The molecule has 0 spiro atoms. The summed E-state index contributed by atoms with van der Waals surface area (Å²) in [6.07, 6.45) is 0. The van der Waals surface area contributed by atoms with E-state index < -0.39 is 5.97 Å². The molecule has 0 fully saturated rings. The maximum Gasteiger partial charge on any atom is 0.341 e. The van der Waals surface area contributed by atoms with Crippen LogP contribution in [-0.4, -0.2) is 19.7 Å². The summed E-state index contributed by atoms with van der Waals surface area (Å²) >= 11 is 4.11. The average molecular weight is 237 g/mol. The van der Waals surface area contributed by atoms with Gasteiger partial charge in [-0.2, -0.15) is 5.26 Å². The van der Waals surface area contributed by atoms with Crippen molar-refractivity contribution < 1.29 is 14.3 Å². The molecule has 5 heteroatoms. The van der Waals surface area contributed by atoms with E-state index in [9.17, 15) is 4.79 Å². The lowest BCUT2D eigenvalue weighted by molar-refractivity contribution is 0.0522. The second-order valence-electron chi connectivity index (χ2n) is 2.91. The first-order valence-corrected chi connectivity index (χ1v) is 5.07. The number of nitriles is 1. The lowest BCUT2D eigenvalue weighted by atomic mass is 10.1. The molecule has 0 N–H and O–H groups in total. The van der Waals surface area contributed by atoms with Crippen molar-refractivity contribution in [1.29, 1.82) is 5.26 Å². The van der Waals surface area contributed by atoms with Gasteiger partial charge >= 0.3 is 5.97 Å².